The van der Waals surface area contributed by atoms with Crippen molar-refractivity contribution in [2.75, 3.05) is 0 Å². The predicted molar refractivity (Wildman–Crippen MR) is 155 cm³/mol. The molecule has 0 bridgehead atoms. The highest BCUT2D eigenvalue weighted by Crippen LogP contribution is 2.56. The normalized spacial score (nSPS) is 14.5. The summed E-state index contributed by atoms with van der Waals surface area (Å²) in [6, 6.07) is 36.0. The lowest BCUT2D eigenvalue weighted by atomic mass is 9.77. The van der Waals surface area contributed by atoms with Crippen molar-refractivity contribution in [3.05, 3.63) is 114 Å². The Kier molecular flexibility index (Phi) is 4.23. The number of hydrogen-bond donors (Lipinski definition) is 0. The first-order valence-electron chi connectivity index (χ1n) is 13.0. The summed E-state index contributed by atoms with van der Waals surface area (Å²) < 4.78 is 2.55. The van der Waals surface area contributed by atoms with Gasteiger partial charge in [-0.15, -0.1) is 0 Å². The number of para-hydroxylation sites is 1. The largest absolute Gasteiger partial charge is 0.308 e. The monoisotopic (exact) mass is 465 g/mol. The fourth-order valence-electron chi connectivity index (χ4n) is 6.52. The van der Waals surface area contributed by atoms with E-state index >= 15 is 0 Å². The SMILES string of the molecule is CC(C)(C)c1ccc2c(c1)C(C)(C)c1c-2n(-c2ccccc2)c2c3ccccc3c3ccccc3c12. The van der Waals surface area contributed by atoms with Gasteiger partial charge < -0.3 is 4.57 Å². The van der Waals surface area contributed by atoms with E-state index in [9.17, 15) is 0 Å². The highest BCUT2D eigenvalue weighted by molar-refractivity contribution is 6.27. The van der Waals surface area contributed by atoms with E-state index in [0.29, 0.717) is 0 Å². The van der Waals surface area contributed by atoms with Crippen LogP contribution in [0.3, 0.4) is 0 Å². The van der Waals surface area contributed by atoms with Gasteiger partial charge in [-0.3, -0.25) is 0 Å². The summed E-state index contributed by atoms with van der Waals surface area (Å²) in [5, 5.41) is 6.69. The van der Waals surface area contributed by atoms with Crippen LogP contribution in [0, 0.1) is 0 Å². The average Bonchev–Trinajstić information content (AvgIpc) is 3.36. The molecule has 1 heteroatoms. The smallest absolute Gasteiger partial charge is 0.0623 e. The summed E-state index contributed by atoms with van der Waals surface area (Å²) in [5.74, 6) is 0. The third-order valence-electron chi connectivity index (χ3n) is 8.29. The molecule has 36 heavy (non-hydrogen) atoms. The van der Waals surface area contributed by atoms with E-state index in [0.717, 1.165) is 0 Å². The molecule has 0 atom stereocenters. The molecule has 0 radical (unpaired) electrons. The summed E-state index contributed by atoms with van der Waals surface area (Å²) >= 11 is 0. The van der Waals surface area contributed by atoms with Crippen LogP contribution in [-0.4, -0.2) is 4.57 Å². The van der Waals surface area contributed by atoms with E-state index in [1.54, 1.807) is 0 Å². The third kappa shape index (κ3) is 2.72. The van der Waals surface area contributed by atoms with E-state index in [4.69, 9.17) is 0 Å². The van der Waals surface area contributed by atoms with Crippen molar-refractivity contribution in [3.63, 3.8) is 0 Å². The van der Waals surface area contributed by atoms with Gasteiger partial charge in [-0.1, -0.05) is 120 Å². The molecule has 0 saturated carbocycles. The summed E-state index contributed by atoms with van der Waals surface area (Å²) in [5.41, 5.74) is 9.51. The number of rotatable bonds is 1. The average molecular weight is 466 g/mol. The van der Waals surface area contributed by atoms with Crippen molar-refractivity contribution in [2.24, 2.45) is 0 Å². The third-order valence-corrected chi connectivity index (χ3v) is 8.29. The molecule has 0 fully saturated rings. The summed E-state index contributed by atoms with van der Waals surface area (Å²) in [6.07, 6.45) is 0. The van der Waals surface area contributed by atoms with Crippen molar-refractivity contribution in [3.8, 4) is 16.9 Å². The first kappa shape index (κ1) is 21.4. The van der Waals surface area contributed by atoms with Gasteiger partial charge in [0.05, 0.1) is 11.2 Å². The quantitative estimate of drug-likeness (QED) is 0.213. The van der Waals surface area contributed by atoms with Crippen molar-refractivity contribution < 1.29 is 0 Å². The van der Waals surface area contributed by atoms with E-state index in [1.807, 2.05) is 0 Å². The van der Waals surface area contributed by atoms with E-state index < -0.39 is 0 Å². The second kappa shape index (κ2) is 7.11. The zero-order chi connectivity index (χ0) is 24.8. The van der Waals surface area contributed by atoms with Gasteiger partial charge in [-0.2, -0.15) is 0 Å². The van der Waals surface area contributed by atoms with Crippen LogP contribution >= 0.6 is 0 Å². The zero-order valence-electron chi connectivity index (χ0n) is 21.7. The molecule has 6 aromatic rings. The van der Waals surface area contributed by atoms with Crippen LogP contribution in [-0.2, 0) is 10.8 Å². The first-order chi connectivity index (χ1) is 17.3. The Labute approximate surface area is 213 Å². The maximum Gasteiger partial charge on any atom is 0.0623 e. The lowest BCUT2D eigenvalue weighted by Crippen LogP contribution is -2.17. The molecular formula is C35H31N. The van der Waals surface area contributed by atoms with Crippen LogP contribution in [0.5, 0.6) is 0 Å². The minimum absolute atomic E-state index is 0.109. The first-order valence-corrected chi connectivity index (χ1v) is 13.0. The van der Waals surface area contributed by atoms with Gasteiger partial charge in [0, 0.05) is 27.4 Å². The number of hydrogen-bond acceptors (Lipinski definition) is 0. The van der Waals surface area contributed by atoms with E-state index in [2.05, 4.69) is 136 Å². The second-order valence-electron chi connectivity index (χ2n) is 11.8. The van der Waals surface area contributed by atoms with Gasteiger partial charge >= 0.3 is 0 Å². The summed E-state index contributed by atoms with van der Waals surface area (Å²) in [6.45, 7) is 11.8. The number of benzene rings is 5. The molecule has 0 spiro atoms. The van der Waals surface area contributed by atoms with Crippen LogP contribution < -0.4 is 0 Å². The molecule has 1 heterocycles. The Balaban J connectivity index is 1.76. The van der Waals surface area contributed by atoms with Crippen LogP contribution in [0.1, 0.15) is 51.3 Å². The molecule has 0 amide bonds. The highest BCUT2D eigenvalue weighted by atomic mass is 15.0. The number of nitrogens with zero attached hydrogens (tertiary/aromatic N) is 1. The van der Waals surface area contributed by atoms with Crippen molar-refractivity contribution >= 4 is 32.4 Å². The highest BCUT2D eigenvalue weighted by Gasteiger charge is 2.42. The number of fused-ring (bicyclic) bond motifs is 10. The van der Waals surface area contributed by atoms with Crippen LogP contribution in [0.2, 0.25) is 0 Å². The molecule has 0 unspecified atom stereocenters. The zero-order valence-corrected chi connectivity index (χ0v) is 21.7. The Bertz CT molecular complexity index is 1820. The standard InChI is InChI=1S/C35H31N/c1-34(2,3)22-19-20-28-29(21-22)35(4,5)31-30-26-17-11-9-15-24(26)25-16-10-12-18-27(25)32(30)36(33(28)31)23-13-7-6-8-14-23/h6-21H,1-5H3. The van der Waals surface area contributed by atoms with Crippen molar-refractivity contribution in [1.82, 2.24) is 4.57 Å². The predicted octanol–water partition coefficient (Wildman–Crippen LogP) is 9.54. The van der Waals surface area contributed by atoms with E-state index in [-0.39, 0.29) is 10.8 Å². The van der Waals surface area contributed by atoms with E-state index in [1.165, 1.54) is 66.1 Å². The van der Waals surface area contributed by atoms with Crippen molar-refractivity contribution in [1.29, 1.82) is 0 Å². The van der Waals surface area contributed by atoms with Gasteiger partial charge in [0.1, 0.15) is 0 Å². The second-order valence-corrected chi connectivity index (χ2v) is 11.8. The summed E-state index contributed by atoms with van der Waals surface area (Å²) in [7, 11) is 0. The number of aromatic nitrogens is 1. The molecule has 0 N–H and O–H groups in total. The van der Waals surface area contributed by atoms with Crippen molar-refractivity contribution in [2.45, 2.75) is 45.4 Å². The van der Waals surface area contributed by atoms with Gasteiger partial charge in [0.2, 0.25) is 0 Å². The van der Waals surface area contributed by atoms with Crippen LogP contribution in [0.15, 0.2) is 97.1 Å². The lowest BCUT2D eigenvalue weighted by Gasteiger charge is -2.26. The van der Waals surface area contributed by atoms with Crippen LogP contribution in [0.25, 0.3) is 49.4 Å². The van der Waals surface area contributed by atoms with Gasteiger partial charge in [0.15, 0.2) is 0 Å². The molecular weight excluding hydrogens is 434 g/mol. The van der Waals surface area contributed by atoms with Gasteiger partial charge in [-0.25, -0.2) is 0 Å². The molecule has 5 aromatic carbocycles. The molecule has 176 valence electrons. The van der Waals surface area contributed by atoms with Gasteiger partial charge in [-0.05, 0) is 50.4 Å². The minimum Gasteiger partial charge on any atom is -0.308 e. The fraction of sp³-hybridized carbons (Fsp3) is 0.200. The fourth-order valence-corrected chi connectivity index (χ4v) is 6.52. The maximum atomic E-state index is 2.55. The molecule has 1 aromatic heterocycles. The lowest BCUT2D eigenvalue weighted by molar-refractivity contribution is 0.585. The molecule has 1 aliphatic carbocycles. The maximum absolute atomic E-state index is 2.55. The Morgan fingerprint density at radius 2 is 1.22 bits per heavy atom. The molecule has 0 saturated heterocycles. The molecule has 7 rings (SSSR count). The molecule has 0 aliphatic heterocycles. The Morgan fingerprint density at radius 1 is 0.639 bits per heavy atom. The minimum atomic E-state index is -0.116. The molecule has 1 aliphatic rings. The Hall–Kier alpha value is -3.84. The van der Waals surface area contributed by atoms with Crippen LogP contribution in [0.4, 0.5) is 0 Å². The Morgan fingerprint density at radius 3 is 1.89 bits per heavy atom. The van der Waals surface area contributed by atoms with Gasteiger partial charge in [0.25, 0.3) is 0 Å². The summed E-state index contributed by atoms with van der Waals surface area (Å²) in [4.78, 5) is 0. The topological polar surface area (TPSA) is 4.93 Å². The molecule has 1 nitrogen and oxygen atoms in total.